The molecule has 0 amide bonds. The number of nitrogens with zero attached hydrogens (tertiary/aromatic N) is 2. The van der Waals surface area contributed by atoms with Crippen molar-refractivity contribution in [2.75, 3.05) is 11.9 Å². The molecule has 0 saturated carbocycles. The molecule has 0 spiro atoms. The van der Waals surface area contributed by atoms with Gasteiger partial charge in [-0.05, 0) is 6.92 Å². The Morgan fingerprint density at radius 2 is 2.36 bits per heavy atom. The molecule has 0 aromatic carbocycles. The molecule has 1 N–H and O–H groups in total. The van der Waals surface area contributed by atoms with Gasteiger partial charge in [0.2, 0.25) is 5.54 Å². The number of thiazole rings is 1. The average molecular weight is 215 g/mol. The third-order valence-electron chi connectivity index (χ3n) is 1.79. The highest BCUT2D eigenvalue weighted by Crippen LogP contribution is 2.18. The van der Waals surface area contributed by atoms with E-state index in [1.54, 1.807) is 20.0 Å². The SMILES string of the molecule is Cc1cnc(NCC(C)(C)[N+](=O)[O-])s1. The van der Waals surface area contributed by atoms with Gasteiger partial charge in [-0.1, -0.05) is 0 Å². The second-order valence-electron chi connectivity index (χ2n) is 3.70. The van der Waals surface area contributed by atoms with Crippen LogP contribution in [0.15, 0.2) is 6.20 Å². The maximum absolute atomic E-state index is 10.6. The molecule has 1 heterocycles. The molecule has 5 nitrogen and oxygen atoms in total. The van der Waals surface area contributed by atoms with Gasteiger partial charge in [-0.15, -0.1) is 11.3 Å². The zero-order chi connectivity index (χ0) is 10.8. The van der Waals surface area contributed by atoms with Crippen molar-refractivity contribution in [2.24, 2.45) is 0 Å². The normalized spacial score (nSPS) is 11.4. The molecule has 0 atom stereocenters. The summed E-state index contributed by atoms with van der Waals surface area (Å²) < 4.78 is 0. The zero-order valence-electron chi connectivity index (χ0n) is 8.40. The maximum Gasteiger partial charge on any atom is 0.233 e. The van der Waals surface area contributed by atoms with E-state index >= 15 is 0 Å². The lowest BCUT2D eigenvalue weighted by Gasteiger charge is -2.15. The second-order valence-corrected chi connectivity index (χ2v) is 4.93. The number of anilines is 1. The maximum atomic E-state index is 10.6. The van der Waals surface area contributed by atoms with Crippen LogP contribution in [0.1, 0.15) is 18.7 Å². The largest absolute Gasteiger partial charge is 0.354 e. The summed E-state index contributed by atoms with van der Waals surface area (Å²) in [5.74, 6) is 0. The van der Waals surface area contributed by atoms with E-state index in [2.05, 4.69) is 10.3 Å². The van der Waals surface area contributed by atoms with Crippen LogP contribution in [0.5, 0.6) is 0 Å². The fourth-order valence-corrected chi connectivity index (χ4v) is 1.45. The summed E-state index contributed by atoms with van der Waals surface area (Å²) in [5, 5.41) is 14.3. The number of rotatable bonds is 4. The van der Waals surface area contributed by atoms with Crippen molar-refractivity contribution in [1.82, 2.24) is 4.98 Å². The summed E-state index contributed by atoms with van der Waals surface area (Å²) in [5.41, 5.74) is -0.959. The topological polar surface area (TPSA) is 68.1 Å². The first-order valence-electron chi connectivity index (χ1n) is 4.22. The minimum absolute atomic E-state index is 0.285. The van der Waals surface area contributed by atoms with Gasteiger partial charge >= 0.3 is 0 Å². The van der Waals surface area contributed by atoms with E-state index in [4.69, 9.17) is 0 Å². The van der Waals surface area contributed by atoms with Gasteiger partial charge < -0.3 is 5.32 Å². The number of aryl methyl sites for hydroxylation is 1. The minimum atomic E-state index is -0.959. The first kappa shape index (κ1) is 10.9. The van der Waals surface area contributed by atoms with Gasteiger partial charge in [0.1, 0.15) is 0 Å². The molecule has 0 aliphatic carbocycles. The molecular weight excluding hydrogens is 202 g/mol. The number of nitro groups is 1. The van der Waals surface area contributed by atoms with Crippen LogP contribution in [-0.2, 0) is 0 Å². The predicted octanol–water partition coefficient (Wildman–Crippen LogP) is 1.92. The smallest absolute Gasteiger partial charge is 0.233 e. The van der Waals surface area contributed by atoms with E-state index in [1.807, 2.05) is 6.92 Å². The molecule has 6 heteroatoms. The Labute approximate surface area is 86.3 Å². The van der Waals surface area contributed by atoms with Gasteiger partial charge in [-0.2, -0.15) is 0 Å². The Kier molecular flexibility index (Phi) is 3.05. The van der Waals surface area contributed by atoms with Crippen molar-refractivity contribution in [1.29, 1.82) is 0 Å². The summed E-state index contributed by atoms with van der Waals surface area (Å²) in [6, 6.07) is 0. The summed E-state index contributed by atoms with van der Waals surface area (Å²) in [6.45, 7) is 5.40. The van der Waals surface area contributed by atoms with Crippen molar-refractivity contribution in [2.45, 2.75) is 26.3 Å². The van der Waals surface area contributed by atoms with Gasteiger partial charge in [-0.25, -0.2) is 4.98 Å². The highest BCUT2D eigenvalue weighted by atomic mass is 32.1. The van der Waals surface area contributed by atoms with Gasteiger partial charge in [0.25, 0.3) is 0 Å². The molecule has 0 radical (unpaired) electrons. The van der Waals surface area contributed by atoms with Crippen LogP contribution in [0.2, 0.25) is 0 Å². The van der Waals surface area contributed by atoms with Gasteiger partial charge in [0.05, 0.1) is 6.54 Å². The van der Waals surface area contributed by atoms with Crippen molar-refractivity contribution in [3.63, 3.8) is 0 Å². The van der Waals surface area contributed by atoms with E-state index < -0.39 is 5.54 Å². The monoisotopic (exact) mass is 215 g/mol. The molecule has 1 aromatic rings. The molecule has 0 bridgehead atoms. The minimum Gasteiger partial charge on any atom is -0.354 e. The number of hydrogen-bond acceptors (Lipinski definition) is 5. The first-order chi connectivity index (χ1) is 6.42. The van der Waals surface area contributed by atoms with Crippen molar-refractivity contribution >= 4 is 16.5 Å². The van der Waals surface area contributed by atoms with Crippen LogP contribution in [0.4, 0.5) is 5.13 Å². The number of hydrogen-bond donors (Lipinski definition) is 1. The van der Waals surface area contributed by atoms with Crippen LogP contribution in [0.3, 0.4) is 0 Å². The van der Waals surface area contributed by atoms with Crippen LogP contribution in [0, 0.1) is 17.0 Å². The summed E-state index contributed by atoms with van der Waals surface area (Å²) in [4.78, 5) is 15.5. The Balaban J connectivity index is 2.52. The fraction of sp³-hybridized carbons (Fsp3) is 0.625. The van der Waals surface area contributed by atoms with E-state index in [0.29, 0.717) is 0 Å². The fourth-order valence-electron chi connectivity index (χ4n) is 0.793. The standard InChI is InChI=1S/C8H13N3O2S/c1-6-4-9-7(14-6)10-5-8(2,3)11(12)13/h4H,5H2,1-3H3,(H,9,10). The molecule has 0 unspecified atom stereocenters. The molecule has 1 rings (SSSR count). The summed E-state index contributed by atoms with van der Waals surface area (Å²) >= 11 is 1.50. The molecule has 0 fully saturated rings. The molecule has 1 aromatic heterocycles. The predicted molar refractivity (Wildman–Crippen MR) is 56.4 cm³/mol. The third kappa shape index (κ3) is 2.66. The lowest BCUT2D eigenvalue weighted by Crippen LogP contribution is -2.38. The summed E-state index contributed by atoms with van der Waals surface area (Å²) in [6.07, 6.45) is 1.74. The Morgan fingerprint density at radius 1 is 1.71 bits per heavy atom. The van der Waals surface area contributed by atoms with Crippen molar-refractivity contribution in [3.05, 3.63) is 21.2 Å². The van der Waals surface area contributed by atoms with E-state index in [1.165, 1.54) is 11.3 Å². The molecule has 14 heavy (non-hydrogen) atoms. The Hall–Kier alpha value is -1.17. The lowest BCUT2D eigenvalue weighted by atomic mass is 10.1. The van der Waals surface area contributed by atoms with Gasteiger partial charge in [0, 0.05) is 29.8 Å². The molecule has 0 aliphatic heterocycles. The van der Waals surface area contributed by atoms with E-state index in [9.17, 15) is 10.1 Å². The Bertz CT molecular complexity index is 335. The Morgan fingerprint density at radius 3 is 2.79 bits per heavy atom. The van der Waals surface area contributed by atoms with Gasteiger partial charge in [-0.3, -0.25) is 10.1 Å². The molecule has 78 valence electrons. The number of aromatic nitrogens is 1. The highest BCUT2D eigenvalue weighted by Gasteiger charge is 2.30. The zero-order valence-corrected chi connectivity index (χ0v) is 9.22. The third-order valence-corrected chi connectivity index (χ3v) is 2.66. The second kappa shape index (κ2) is 3.91. The molecule has 0 aliphatic rings. The molecular formula is C8H13N3O2S. The van der Waals surface area contributed by atoms with Crippen LogP contribution < -0.4 is 5.32 Å². The van der Waals surface area contributed by atoms with Gasteiger partial charge in [0.15, 0.2) is 5.13 Å². The number of nitrogens with one attached hydrogen (secondary N) is 1. The van der Waals surface area contributed by atoms with Crippen LogP contribution in [-0.4, -0.2) is 22.0 Å². The van der Waals surface area contributed by atoms with Crippen LogP contribution >= 0.6 is 11.3 Å². The molecule has 0 saturated heterocycles. The van der Waals surface area contributed by atoms with Crippen molar-refractivity contribution in [3.8, 4) is 0 Å². The van der Waals surface area contributed by atoms with Crippen LogP contribution in [0.25, 0.3) is 0 Å². The highest BCUT2D eigenvalue weighted by molar-refractivity contribution is 7.15. The van der Waals surface area contributed by atoms with E-state index in [-0.39, 0.29) is 11.5 Å². The van der Waals surface area contributed by atoms with Crippen molar-refractivity contribution < 1.29 is 4.92 Å². The van der Waals surface area contributed by atoms with E-state index in [0.717, 1.165) is 10.0 Å². The lowest BCUT2D eigenvalue weighted by molar-refractivity contribution is -0.556. The average Bonchev–Trinajstić information content (AvgIpc) is 2.48. The first-order valence-corrected chi connectivity index (χ1v) is 5.04. The summed E-state index contributed by atoms with van der Waals surface area (Å²) in [7, 11) is 0. The quantitative estimate of drug-likeness (QED) is 0.615.